The van der Waals surface area contributed by atoms with Crippen molar-refractivity contribution in [3.05, 3.63) is 24.3 Å². The van der Waals surface area contributed by atoms with Gasteiger partial charge in [0.05, 0.1) is 42.0 Å². The van der Waals surface area contributed by atoms with Crippen molar-refractivity contribution in [2.45, 2.75) is 57.2 Å². The minimum atomic E-state index is -3.51. The lowest BCUT2D eigenvalue weighted by Crippen LogP contribution is -2.52. The Morgan fingerprint density at radius 2 is 1.76 bits per heavy atom. The number of benzene rings is 1. The molecule has 1 heterocycles. The van der Waals surface area contributed by atoms with Crippen LogP contribution in [0.1, 0.15) is 34.1 Å². The van der Waals surface area contributed by atoms with Crippen LogP contribution in [0.4, 0.5) is 0 Å². The highest BCUT2D eigenvalue weighted by Gasteiger charge is 2.30. The number of ether oxygens (including phenoxy) is 2. The molecule has 0 bridgehead atoms. The van der Waals surface area contributed by atoms with Crippen LogP contribution in [0.3, 0.4) is 0 Å². The maximum absolute atomic E-state index is 12.5. The van der Waals surface area contributed by atoms with Gasteiger partial charge in [-0.2, -0.15) is 0 Å². The topological polar surface area (TPSA) is 72.9 Å². The average molecular weight is 369 g/mol. The number of carbonyl (C=O) groups excluding carboxylic acids is 1. The summed E-state index contributed by atoms with van der Waals surface area (Å²) in [5.74, 6) is 0.278. The zero-order valence-electron chi connectivity index (χ0n) is 15.3. The Morgan fingerprint density at radius 3 is 2.28 bits per heavy atom. The molecule has 0 saturated carbocycles. The molecule has 0 radical (unpaired) electrons. The van der Waals surface area contributed by atoms with Crippen molar-refractivity contribution < 1.29 is 22.7 Å². The number of nitrogens with zero attached hydrogens (tertiary/aromatic N) is 1. The van der Waals surface area contributed by atoms with E-state index in [0.29, 0.717) is 19.0 Å². The molecule has 140 valence electrons. The van der Waals surface area contributed by atoms with Crippen molar-refractivity contribution in [1.82, 2.24) is 4.90 Å². The van der Waals surface area contributed by atoms with Gasteiger partial charge in [-0.05, 0) is 52.0 Å². The fraction of sp³-hybridized carbons (Fsp3) is 0.611. The zero-order valence-corrected chi connectivity index (χ0v) is 16.1. The van der Waals surface area contributed by atoms with Crippen molar-refractivity contribution in [2.75, 3.05) is 19.0 Å². The average Bonchev–Trinajstić information content (AvgIpc) is 2.53. The molecule has 1 fully saturated rings. The van der Waals surface area contributed by atoms with Gasteiger partial charge in [-0.3, -0.25) is 4.79 Å². The van der Waals surface area contributed by atoms with Crippen LogP contribution < -0.4 is 4.74 Å². The summed E-state index contributed by atoms with van der Waals surface area (Å²) in [5.41, 5.74) is 0. The van der Waals surface area contributed by atoms with Gasteiger partial charge in [0.1, 0.15) is 5.75 Å². The number of hydrogen-bond acceptors (Lipinski definition) is 5. The molecule has 1 saturated heterocycles. The zero-order chi connectivity index (χ0) is 18.6. The van der Waals surface area contributed by atoms with Crippen LogP contribution in [-0.4, -0.2) is 56.4 Å². The molecule has 25 heavy (non-hydrogen) atoms. The first kappa shape index (κ1) is 19.7. The van der Waals surface area contributed by atoms with Crippen LogP contribution in [0.25, 0.3) is 0 Å². The number of amides is 1. The molecule has 0 aliphatic carbocycles. The predicted octanol–water partition coefficient (Wildman–Crippen LogP) is 2.27. The van der Waals surface area contributed by atoms with Gasteiger partial charge in [-0.25, -0.2) is 8.42 Å². The van der Waals surface area contributed by atoms with E-state index in [-0.39, 0.29) is 41.2 Å². The van der Waals surface area contributed by atoms with Crippen LogP contribution in [-0.2, 0) is 19.4 Å². The molecule has 6 nitrogen and oxygen atoms in total. The Labute approximate surface area is 150 Å². The summed E-state index contributed by atoms with van der Waals surface area (Å²) in [6.45, 7) is 8.61. The maximum atomic E-state index is 12.5. The SMILES string of the molecule is CC(C)Oc1ccc(S(=O)(=O)CCC(=O)N2C(C)COCC2C)cc1. The van der Waals surface area contributed by atoms with Crippen molar-refractivity contribution >= 4 is 15.7 Å². The van der Waals surface area contributed by atoms with Gasteiger partial charge in [0, 0.05) is 6.42 Å². The highest BCUT2D eigenvalue weighted by Crippen LogP contribution is 2.20. The first-order valence-corrected chi connectivity index (χ1v) is 10.2. The fourth-order valence-corrected chi connectivity index (χ4v) is 4.19. The molecule has 1 aromatic carbocycles. The lowest BCUT2D eigenvalue weighted by Gasteiger charge is -2.38. The van der Waals surface area contributed by atoms with E-state index in [4.69, 9.17) is 9.47 Å². The molecule has 1 amide bonds. The van der Waals surface area contributed by atoms with Gasteiger partial charge in [0.25, 0.3) is 0 Å². The van der Waals surface area contributed by atoms with Crippen molar-refractivity contribution in [1.29, 1.82) is 0 Å². The van der Waals surface area contributed by atoms with Crippen LogP contribution in [0.5, 0.6) is 5.75 Å². The van der Waals surface area contributed by atoms with Crippen molar-refractivity contribution in [3.8, 4) is 5.75 Å². The van der Waals surface area contributed by atoms with Gasteiger partial charge in [-0.15, -0.1) is 0 Å². The number of morpholine rings is 1. The van der Waals surface area contributed by atoms with Gasteiger partial charge in [0.2, 0.25) is 5.91 Å². The molecule has 7 heteroatoms. The molecule has 2 unspecified atom stereocenters. The second-order valence-electron chi connectivity index (χ2n) is 6.74. The maximum Gasteiger partial charge on any atom is 0.224 e. The van der Waals surface area contributed by atoms with Gasteiger partial charge in [0.15, 0.2) is 9.84 Å². The van der Waals surface area contributed by atoms with Gasteiger partial charge in [-0.1, -0.05) is 0 Å². The molecular weight excluding hydrogens is 342 g/mol. The minimum absolute atomic E-state index is 0.0255. The quantitative estimate of drug-likeness (QED) is 0.769. The number of carbonyl (C=O) groups is 1. The third-order valence-electron chi connectivity index (χ3n) is 4.10. The molecule has 2 atom stereocenters. The first-order valence-electron chi connectivity index (χ1n) is 8.59. The van der Waals surface area contributed by atoms with E-state index in [9.17, 15) is 13.2 Å². The summed E-state index contributed by atoms with van der Waals surface area (Å²) >= 11 is 0. The molecular formula is C18H27NO5S. The molecule has 0 spiro atoms. The standard InChI is InChI=1S/C18H27NO5S/c1-13(2)24-16-5-7-17(8-6-16)25(21,22)10-9-18(20)19-14(3)11-23-12-15(19)4/h5-8,13-15H,9-12H2,1-4H3. The van der Waals surface area contributed by atoms with Crippen molar-refractivity contribution in [3.63, 3.8) is 0 Å². The molecule has 1 aromatic rings. The lowest BCUT2D eigenvalue weighted by molar-refractivity contribution is -0.143. The van der Waals surface area contributed by atoms with Crippen LogP contribution >= 0.6 is 0 Å². The van der Waals surface area contributed by atoms with E-state index >= 15 is 0 Å². The smallest absolute Gasteiger partial charge is 0.224 e. The lowest BCUT2D eigenvalue weighted by atomic mass is 10.1. The summed E-state index contributed by atoms with van der Waals surface area (Å²) in [5, 5.41) is 0. The highest BCUT2D eigenvalue weighted by atomic mass is 32.2. The summed E-state index contributed by atoms with van der Waals surface area (Å²) in [6.07, 6.45) is -0.000992. The Balaban J connectivity index is 2.00. The number of sulfone groups is 1. The first-order chi connectivity index (χ1) is 11.7. The van der Waals surface area contributed by atoms with E-state index in [1.54, 1.807) is 17.0 Å². The second kappa shape index (κ2) is 8.19. The van der Waals surface area contributed by atoms with E-state index in [1.807, 2.05) is 27.7 Å². The van der Waals surface area contributed by atoms with Gasteiger partial charge >= 0.3 is 0 Å². The third-order valence-corrected chi connectivity index (χ3v) is 5.83. The molecule has 2 rings (SSSR count). The predicted molar refractivity (Wildman–Crippen MR) is 95.5 cm³/mol. The Morgan fingerprint density at radius 1 is 1.20 bits per heavy atom. The van der Waals surface area contributed by atoms with Gasteiger partial charge < -0.3 is 14.4 Å². The molecule has 1 aliphatic heterocycles. The number of rotatable bonds is 6. The molecule has 0 N–H and O–H groups in total. The molecule has 0 aromatic heterocycles. The minimum Gasteiger partial charge on any atom is -0.491 e. The molecule has 1 aliphatic rings. The summed E-state index contributed by atoms with van der Waals surface area (Å²) in [6, 6.07) is 6.26. The largest absolute Gasteiger partial charge is 0.491 e. The van der Waals surface area contributed by atoms with E-state index in [1.165, 1.54) is 12.1 Å². The Kier molecular flexibility index (Phi) is 6.46. The normalized spacial score (nSPS) is 21.4. The summed E-state index contributed by atoms with van der Waals surface area (Å²) < 4.78 is 35.9. The van der Waals surface area contributed by atoms with E-state index in [2.05, 4.69) is 0 Å². The monoisotopic (exact) mass is 369 g/mol. The number of hydrogen-bond donors (Lipinski definition) is 0. The van der Waals surface area contributed by atoms with Crippen LogP contribution in [0.2, 0.25) is 0 Å². The second-order valence-corrected chi connectivity index (χ2v) is 8.85. The summed E-state index contributed by atoms with van der Waals surface area (Å²) in [4.78, 5) is 14.4. The highest BCUT2D eigenvalue weighted by molar-refractivity contribution is 7.91. The third kappa shape index (κ3) is 5.19. The Hall–Kier alpha value is -1.60. The summed E-state index contributed by atoms with van der Waals surface area (Å²) in [7, 11) is -3.51. The fourth-order valence-electron chi connectivity index (χ4n) is 2.96. The van der Waals surface area contributed by atoms with E-state index < -0.39 is 9.84 Å². The van der Waals surface area contributed by atoms with Crippen LogP contribution in [0, 0.1) is 0 Å². The van der Waals surface area contributed by atoms with E-state index in [0.717, 1.165) is 0 Å². The van der Waals surface area contributed by atoms with Crippen molar-refractivity contribution in [2.24, 2.45) is 0 Å². The Bertz CT molecular complexity index is 674. The van der Waals surface area contributed by atoms with Crippen LogP contribution in [0.15, 0.2) is 29.2 Å².